The average Bonchev–Trinajstić information content (AvgIpc) is 2.75. The summed E-state index contributed by atoms with van der Waals surface area (Å²) in [4.78, 5) is 10.8. The zero-order valence-corrected chi connectivity index (χ0v) is 13.0. The molecule has 1 atom stereocenters. The number of rotatable bonds is 3. The molecule has 20 heavy (non-hydrogen) atoms. The molecule has 110 valence electrons. The van der Waals surface area contributed by atoms with E-state index in [0.29, 0.717) is 13.1 Å². The molecule has 1 N–H and O–H groups in total. The van der Waals surface area contributed by atoms with Crippen LogP contribution in [0.15, 0.2) is 17.0 Å². The Hall–Kier alpha value is -0.820. The first-order valence-electron chi connectivity index (χ1n) is 5.96. The Morgan fingerprint density at radius 1 is 1.35 bits per heavy atom. The van der Waals surface area contributed by atoms with Crippen molar-refractivity contribution in [3.05, 3.63) is 27.7 Å². The van der Waals surface area contributed by atoms with Gasteiger partial charge in [-0.3, -0.25) is 0 Å². The predicted octanol–water partition coefficient (Wildman–Crippen LogP) is 2.72. The Bertz CT molecular complexity index is 660. The minimum atomic E-state index is -3.80. The van der Waals surface area contributed by atoms with Gasteiger partial charge in [-0.05, 0) is 24.5 Å². The van der Waals surface area contributed by atoms with Crippen LogP contribution in [0.1, 0.15) is 23.7 Å². The molecule has 1 aromatic rings. The molecule has 5 nitrogen and oxygen atoms in total. The number of halogens is 2. The minimum absolute atomic E-state index is 0.0699. The molecule has 0 spiro atoms. The van der Waals surface area contributed by atoms with E-state index >= 15 is 0 Å². The van der Waals surface area contributed by atoms with Crippen molar-refractivity contribution < 1.29 is 18.3 Å². The van der Waals surface area contributed by atoms with Gasteiger partial charge in [0.2, 0.25) is 10.0 Å². The smallest absolute Gasteiger partial charge is 0.337 e. The molecule has 0 aromatic heterocycles. The third-order valence-corrected chi connectivity index (χ3v) is 5.90. The van der Waals surface area contributed by atoms with Gasteiger partial charge < -0.3 is 5.11 Å². The molecule has 0 bridgehead atoms. The van der Waals surface area contributed by atoms with Crippen molar-refractivity contribution in [3.63, 3.8) is 0 Å². The first-order chi connectivity index (χ1) is 9.23. The Kier molecular flexibility index (Phi) is 4.30. The van der Waals surface area contributed by atoms with Crippen molar-refractivity contribution in [1.29, 1.82) is 0 Å². The Morgan fingerprint density at radius 2 is 2.00 bits per heavy atom. The molecule has 0 saturated carbocycles. The van der Waals surface area contributed by atoms with Crippen molar-refractivity contribution in [2.24, 2.45) is 5.92 Å². The van der Waals surface area contributed by atoms with Crippen LogP contribution in [0, 0.1) is 5.92 Å². The zero-order chi connectivity index (χ0) is 15.1. The number of aromatic carboxylic acids is 1. The summed E-state index contributed by atoms with van der Waals surface area (Å²) in [6.45, 7) is 2.77. The average molecular weight is 338 g/mol. The summed E-state index contributed by atoms with van der Waals surface area (Å²) in [7, 11) is -3.80. The number of carboxylic acid groups (broad SMARTS) is 1. The molecule has 1 fully saturated rings. The molecule has 0 aliphatic carbocycles. The van der Waals surface area contributed by atoms with E-state index in [2.05, 4.69) is 0 Å². The number of sulfonamides is 1. The van der Waals surface area contributed by atoms with E-state index in [1.54, 1.807) is 0 Å². The van der Waals surface area contributed by atoms with Crippen molar-refractivity contribution in [1.82, 2.24) is 4.31 Å². The molecular formula is C12H13Cl2NO4S. The summed E-state index contributed by atoms with van der Waals surface area (Å²) in [5.41, 5.74) is -0.276. The van der Waals surface area contributed by atoms with Gasteiger partial charge in [0.1, 0.15) is 4.90 Å². The highest BCUT2D eigenvalue weighted by atomic mass is 35.5. The largest absolute Gasteiger partial charge is 0.478 e. The summed E-state index contributed by atoms with van der Waals surface area (Å²) >= 11 is 11.7. The summed E-state index contributed by atoms with van der Waals surface area (Å²) in [5, 5.41) is 8.86. The number of carboxylic acids is 1. The quantitative estimate of drug-likeness (QED) is 0.920. The van der Waals surface area contributed by atoms with E-state index in [9.17, 15) is 13.2 Å². The molecule has 0 radical (unpaired) electrons. The number of nitrogens with zero attached hydrogens (tertiary/aromatic N) is 1. The third kappa shape index (κ3) is 2.79. The molecule has 1 heterocycles. The van der Waals surface area contributed by atoms with Crippen LogP contribution in [0.2, 0.25) is 10.0 Å². The van der Waals surface area contributed by atoms with Crippen LogP contribution >= 0.6 is 23.2 Å². The van der Waals surface area contributed by atoms with Crippen LogP contribution in [0.25, 0.3) is 0 Å². The van der Waals surface area contributed by atoms with E-state index in [1.807, 2.05) is 6.92 Å². The molecule has 8 heteroatoms. The SMILES string of the molecule is CC1CCN(S(=O)(=O)c2cc(C(=O)O)c(Cl)cc2Cl)C1. The van der Waals surface area contributed by atoms with E-state index in [1.165, 1.54) is 4.31 Å². The predicted molar refractivity (Wildman–Crippen MR) is 76.0 cm³/mol. The van der Waals surface area contributed by atoms with Crippen LogP contribution in [0.3, 0.4) is 0 Å². The van der Waals surface area contributed by atoms with Crippen molar-refractivity contribution in [2.75, 3.05) is 13.1 Å². The maximum Gasteiger partial charge on any atom is 0.337 e. The highest BCUT2D eigenvalue weighted by Crippen LogP contribution is 2.32. The summed E-state index contributed by atoms with van der Waals surface area (Å²) < 4.78 is 26.3. The summed E-state index contributed by atoms with van der Waals surface area (Å²) in [6.07, 6.45) is 0.774. The fourth-order valence-electron chi connectivity index (χ4n) is 2.14. The lowest BCUT2D eigenvalue weighted by molar-refractivity contribution is 0.0697. The lowest BCUT2D eigenvalue weighted by atomic mass is 10.2. The monoisotopic (exact) mass is 337 g/mol. The van der Waals surface area contributed by atoms with Gasteiger partial charge in [0.05, 0.1) is 15.6 Å². The van der Waals surface area contributed by atoms with Gasteiger partial charge in [-0.1, -0.05) is 30.1 Å². The van der Waals surface area contributed by atoms with Crippen LogP contribution in [-0.4, -0.2) is 36.9 Å². The maximum absolute atomic E-state index is 12.5. The molecule has 1 aliphatic heterocycles. The normalized spacial score (nSPS) is 20.2. The summed E-state index contributed by atoms with van der Waals surface area (Å²) in [6, 6.07) is 2.17. The maximum atomic E-state index is 12.5. The van der Waals surface area contributed by atoms with E-state index in [0.717, 1.165) is 18.6 Å². The lowest BCUT2D eigenvalue weighted by Gasteiger charge is -2.17. The van der Waals surface area contributed by atoms with Crippen molar-refractivity contribution in [3.8, 4) is 0 Å². The number of hydrogen-bond donors (Lipinski definition) is 1. The topological polar surface area (TPSA) is 74.7 Å². The van der Waals surface area contributed by atoms with Gasteiger partial charge in [-0.2, -0.15) is 4.31 Å². The summed E-state index contributed by atoms with van der Waals surface area (Å²) in [5.74, 6) is -1.02. The van der Waals surface area contributed by atoms with Crippen LogP contribution in [0.5, 0.6) is 0 Å². The van der Waals surface area contributed by atoms with Gasteiger partial charge in [-0.15, -0.1) is 0 Å². The fourth-order valence-corrected chi connectivity index (χ4v) is 4.55. The van der Waals surface area contributed by atoms with Gasteiger partial charge in [0.25, 0.3) is 0 Å². The molecule has 1 unspecified atom stereocenters. The molecule has 1 saturated heterocycles. The third-order valence-electron chi connectivity index (χ3n) is 3.26. The number of carbonyl (C=O) groups is 1. The Morgan fingerprint density at radius 3 is 2.50 bits per heavy atom. The van der Waals surface area contributed by atoms with E-state index in [4.69, 9.17) is 28.3 Å². The standard InChI is InChI=1S/C12H13Cl2NO4S/c1-7-2-3-15(6-7)20(18,19)11-4-8(12(16)17)9(13)5-10(11)14/h4-5,7H,2-3,6H2,1H3,(H,16,17). The Balaban J connectivity index is 2.51. The second kappa shape index (κ2) is 5.52. The van der Waals surface area contributed by atoms with E-state index < -0.39 is 16.0 Å². The number of hydrogen-bond acceptors (Lipinski definition) is 3. The van der Waals surface area contributed by atoms with Gasteiger partial charge in [-0.25, -0.2) is 13.2 Å². The van der Waals surface area contributed by atoms with Crippen molar-refractivity contribution in [2.45, 2.75) is 18.2 Å². The number of benzene rings is 1. The molecular weight excluding hydrogens is 325 g/mol. The second-order valence-electron chi connectivity index (χ2n) is 4.82. The molecule has 1 aromatic carbocycles. The van der Waals surface area contributed by atoms with Crippen LogP contribution in [0.4, 0.5) is 0 Å². The molecule has 2 rings (SSSR count). The minimum Gasteiger partial charge on any atom is -0.478 e. The second-order valence-corrected chi connectivity index (χ2v) is 7.55. The van der Waals surface area contributed by atoms with Crippen LogP contribution in [-0.2, 0) is 10.0 Å². The van der Waals surface area contributed by atoms with E-state index in [-0.39, 0.29) is 26.4 Å². The van der Waals surface area contributed by atoms with Crippen LogP contribution < -0.4 is 0 Å². The Labute approximate surface area is 127 Å². The fraction of sp³-hybridized carbons (Fsp3) is 0.417. The highest BCUT2D eigenvalue weighted by Gasteiger charge is 2.33. The van der Waals surface area contributed by atoms with Gasteiger partial charge in [0, 0.05) is 13.1 Å². The first-order valence-corrected chi connectivity index (χ1v) is 8.15. The van der Waals surface area contributed by atoms with Gasteiger partial charge in [0.15, 0.2) is 0 Å². The molecule has 0 amide bonds. The first kappa shape index (κ1) is 15.6. The van der Waals surface area contributed by atoms with Gasteiger partial charge >= 0.3 is 5.97 Å². The van der Waals surface area contributed by atoms with Crippen molar-refractivity contribution >= 4 is 39.2 Å². The molecule has 1 aliphatic rings. The lowest BCUT2D eigenvalue weighted by Crippen LogP contribution is -2.29. The highest BCUT2D eigenvalue weighted by molar-refractivity contribution is 7.89. The zero-order valence-electron chi connectivity index (χ0n) is 10.6.